The molecule has 1 aromatic heterocycles. The molecule has 1 aliphatic rings. The summed E-state index contributed by atoms with van der Waals surface area (Å²) in [6.07, 6.45) is -4.57. The normalized spacial score (nSPS) is 26.4. The number of aromatic nitrogens is 2. The number of aromatic amines is 1. The third kappa shape index (κ3) is 3.72. The van der Waals surface area contributed by atoms with Gasteiger partial charge in [-0.05, 0) is 42.7 Å². The first kappa shape index (κ1) is 20.5. The Morgan fingerprint density at radius 3 is 2.60 bits per heavy atom. The molecule has 7 heteroatoms. The second kappa shape index (κ2) is 8.19. The van der Waals surface area contributed by atoms with Crippen molar-refractivity contribution in [3.05, 3.63) is 53.2 Å². The third-order valence-electron chi connectivity index (χ3n) is 5.48. The van der Waals surface area contributed by atoms with Crippen LogP contribution in [0, 0.1) is 25.7 Å². The summed E-state index contributed by atoms with van der Waals surface area (Å²) in [5.74, 6) is 5.85. The summed E-state index contributed by atoms with van der Waals surface area (Å²) < 4.78 is 5.48. The number of benzene rings is 2. The predicted molar refractivity (Wildman–Crippen MR) is 112 cm³/mol. The van der Waals surface area contributed by atoms with E-state index in [2.05, 4.69) is 47.2 Å². The Bertz CT molecular complexity index is 1130. The fraction of sp³-hybridized carbons (Fsp3) is 0.348. The van der Waals surface area contributed by atoms with Crippen LogP contribution in [0.25, 0.3) is 22.0 Å². The lowest BCUT2D eigenvalue weighted by molar-refractivity contribution is -0.214. The van der Waals surface area contributed by atoms with Crippen molar-refractivity contribution in [1.82, 2.24) is 10.2 Å². The van der Waals surface area contributed by atoms with Crippen LogP contribution >= 0.6 is 0 Å². The Hall–Kier alpha value is -2.73. The quantitative estimate of drug-likeness (QED) is 0.405. The van der Waals surface area contributed by atoms with E-state index in [1.807, 2.05) is 19.1 Å². The molecule has 0 radical (unpaired) electrons. The number of ether oxygens (including phenoxy) is 1. The average molecular weight is 408 g/mol. The van der Waals surface area contributed by atoms with Crippen molar-refractivity contribution in [3.63, 3.8) is 0 Å². The summed E-state index contributed by atoms with van der Waals surface area (Å²) in [6.45, 7) is 3.62. The molecule has 1 fully saturated rings. The second-order valence-electron chi connectivity index (χ2n) is 7.70. The second-order valence-corrected chi connectivity index (χ2v) is 7.70. The van der Waals surface area contributed by atoms with Gasteiger partial charge in [-0.15, -0.1) is 0 Å². The van der Waals surface area contributed by atoms with Gasteiger partial charge in [0.1, 0.15) is 30.5 Å². The van der Waals surface area contributed by atoms with Gasteiger partial charge >= 0.3 is 0 Å². The molecule has 0 amide bonds. The zero-order valence-electron chi connectivity index (χ0n) is 16.7. The molecule has 3 aromatic rings. The highest BCUT2D eigenvalue weighted by Gasteiger charge is 2.42. The first-order chi connectivity index (χ1) is 14.4. The lowest BCUT2D eigenvalue weighted by Gasteiger charge is -2.37. The van der Waals surface area contributed by atoms with E-state index in [1.165, 1.54) is 5.56 Å². The van der Waals surface area contributed by atoms with E-state index in [4.69, 9.17) is 4.74 Å². The lowest BCUT2D eigenvalue weighted by atomic mass is 9.94. The maximum absolute atomic E-state index is 10.2. The maximum Gasteiger partial charge on any atom is 0.147 e. The minimum absolute atomic E-state index is 0.490. The number of nitrogens with zero attached hydrogens (tertiary/aromatic N) is 1. The van der Waals surface area contributed by atoms with Crippen LogP contribution in [0.5, 0.6) is 0 Å². The van der Waals surface area contributed by atoms with Gasteiger partial charge in [-0.3, -0.25) is 5.10 Å². The third-order valence-corrected chi connectivity index (χ3v) is 5.48. The largest absolute Gasteiger partial charge is 0.394 e. The summed E-state index contributed by atoms with van der Waals surface area (Å²) in [4.78, 5) is 0. The highest BCUT2D eigenvalue weighted by molar-refractivity contribution is 5.89. The molecular weight excluding hydrogens is 384 g/mol. The molecule has 1 saturated heterocycles. The van der Waals surface area contributed by atoms with Crippen molar-refractivity contribution in [1.29, 1.82) is 0 Å². The highest BCUT2D eigenvalue weighted by Crippen LogP contribution is 2.29. The number of nitrogens with one attached hydrogen (secondary N) is 1. The lowest BCUT2D eigenvalue weighted by Crippen LogP contribution is -2.58. The minimum Gasteiger partial charge on any atom is -0.394 e. The molecular formula is C23H24N2O5. The summed E-state index contributed by atoms with van der Waals surface area (Å²) in [7, 11) is 0. The average Bonchev–Trinajstić information content (AvgIpc) is 3.20. The Balaban J connectivity index is 1.74. The van der Waals surface area contributed by atoms with E-state index in [-0.39, 0.29) is 0 Å². The number of aliphatic hydroxyl groups excluding tert-OH is 4. The van der Waals surface area contributed by atoms with Crippen LogP contribution in [-0.2, 0) is 4.74 Å². The monoisotopic (exact) mass is 408 g/mol. The van der Waals surface area contributed by atoms with Crippen LogP contribution in [-0.4, -0.2) is 67.8 Å². The van der Waals surface area contributed by atoms with Crippen LogP contribution in [0.15, 0.2) is 36.5 Å². The van der Waals surface area contributed by atoms with E-state index in [9.17, 15) is 20.4 Å². The number of rotatable bonds is 2. The number of H-pyrrole nitrogens is 1. The standard InChI is InChI=1S/C23H24N2O5/c1-12-3-5-17(13(2)7-12)15-8-14(20-16(9-15)10-24-25-20)4-6-18-21(27)23(29)22(28)19(11-26)30-18/h3,5,7-10,18-19,21-23,26-29H,11H2,1-2H3,(H,24,25)/t18-,19-,21-,22-,23-/m1/s1. The minimum atomic E-state index is -1.45. The Morgan fingerprint density at radius 2 is 1.87 bits per heavy atom. The zero-order chi connectivity index (χ0) is 21.4. The van der Waals surface area contributed by atoms with Crippen LogP contribution < -0.4 is 0 Å². The van der Waals surface area contributed by atoms with Crippen molar-refractivity contribution >= 4 is 10.9 Å². The van der Waals surface area contributed by atoms with Crippen LogP contribution in [0.4, 0.5) is 0 Å². The molecule has 0 spiro atoms. The van der Waals surface area contributed by atoms with Gasteiger partial charge in [0, 0.05) is 5.39 Å². The van der Waals surface area contributed by atoms with E-state index in [0.717, 1.165) is 27.6 Å². The molecule has 30 heavy (non-hydrogen) atoms. The Kier molecular flexibility index (Phi) is 5.60. The number of hydrogen-bond donors (Lipinski definition) is 5. The molecule has 0 unspecified atom stereocenters. The fourth-order valence-corrected chi connectivity index (χ4v) is 3.82. The number of fused-ring (bicyclic) bond motifs is 1. The summed E-state index contributed by atoms with van der Waals surface area (Å²) in [6, 6.07) is 10.2. The van der Waals surface area contributed by atoms with Gasteiger partial charge in [0.15, 0.2) is 0 Å². The highest BCUT2D eigenvalue weighted by atomic mass is 16.5. The van der Waals surface area contributed by atoms with Gasteiger partial charge in [-0.1, -0.05) is 35.6 Å². The van der Waals surface area contributed by atoms with Gasteiger partial charge in [-0.2, -0.15) is 5.10 Å². The molecule has 156 valence electrons. The topological polar surface area (TPSA) is 119 Å². The summed E-state index contributed by atoms with van der Waals surface area (Å²) in [5.41, 5.74) is 5.81. The van der Waals surface area contributed by atoms with E-state index >= 15 is 0 Å². The van der Waals surface area contributed by atoms with Gasteiger partial charge in [0.25, 0.3) is 0 Å². The molecule has 4 rings (SSSR count). The van der Waals surface area contributed by atoms with Gasteiger partial charge < -0.3 is 25.2 Å². The molecule has 0 bridgehead atoms. The van der Waals surface area contributed by atoms with Crippen LogP contribution in [0.1, 0.15) is 16.7 Å². The molecule has 0 aliphatic carbocycles. The first-order valence-electron chi connectivity index (χ1n) is 9.76. The smallest absolute Gasteiger partial charge is 0.147 e. The van der Waals surface area contributed by atoms with Crippen molar-refractivity contribution in [2.24, 2.45) is 0 Å². The molecule has 5 N–H and O–H groups in total. The molecule has 5 atom stereocenters. The molecule has 2 aromatic carbocycles. The summed E-state index contributed by atoms with van der Waals surface area (Å²) in [5, 5.41) is 47.4. The first-order valence-corrected chi connectivity index (χ1v) is 9.76. The van der Waals surface area contributed by atoms with Crippen molar-refractivity contribution in [2.75, 3.05) is 6.61 Å². The number of aliphatic hydroxyl groups is 4. The van der Waals surface area contributed by atoms with Crippen molar-refractivity contribution in [3.8, 4) is 23.0 Å². The van der Waals surface area contributed by atoms with Crippen LogP contribution in [0.3, 0.4) is 0 Å². The Morgan fingerprint density at radius 1 is 1.07 bits per heavy atom. The van der Waals surface area contributed by atoms with Crippen molar-refractivity contribution < 1.29 is 25.2 Å². The number of hydrogen-bond acceptors (Lipinski definition) is 6. The van der Waals surface area contributed by atoms with E-state index in [1.54, 1.807) is 6.20 Å². The SMILES string of the molecule is Cc1ccc(-c2cc(C#C[C@H]3O[C@H](CO)[C@@H](O)[C@H](O)[C@@H]3O)c3[nH]ncc3c2)c(C)c1. The predicted octanol–water partition coefficient (Wildman–Crippen LogP) is 1.04. The molecule has 1 aliphatic heterocycles. The van der Waals surface area contributed by atoms with E-state index in [0.29, 0.717) is 5.56 Å². The Labute approximate surface area is 174 Å². The van der Waals surface area contributed by atoms with Gasteiger partial charge in [-0.25, -0.2) is 0 Å². The van der Waals surface area contributed by atoms with Gasteiger partial charge in [0.05, 0.1) is 23.9 Å². The van der Waals surface area contributed by atoms with Crippen molar-refractivity contribution in [2.45, 2.75) is 44.4 Å². The number of aryl methyl sites for hydroxylation is 2. The molecule has 2 heterocycles. The van der Waals surface area contributed by atoms with Gasteiger partial charge in [0.2, 0.25) is 0 Å². The zero-order valence-corrected chi connectivity index (χ0v) is 16.7. The maximum atomic E-state index is 10.2. The summed E-state index contributed by atoms with van der Waals surface area (Å²) >= 11 is 0. The molecule has 0 saturated carbocycles. The fourth-order valence-electron chi connectivity index (χ4n) is 3.82. The molecule has 7 nitrogen and oxygen atoms in total. The van der Waals surface area contributed by atoms with Crippen LogP contribution in [0.2, 0.25) is 0 Å². The van der Waals surface area contributed by atoms with E-state index < -0.39 is 37.1 Å².